The molecule has 0 N–H and O–H groups in total. The first-order valence-electron chi connectivity index (χ1n) is 9.10. The van der Waals surface area contributed by atoms with Gasteiger partial charge in [-0.2, -0.15) is 0 Å². The van der Waals surface area contributed by atoms with Crippen molar-refractivity contribution in [3.05, 3.63) is 110 Å². The average molecular weight is 441 g/mol. The molecule has 0 fully saturated rings. The zero-order valence-electron chi connectivity index (χ0n) is 15.9. The first kappa shape index (κ1) is 20.1. The van der Waals surface area contributed by atoms with Crippen molar-refractivity contribution in [3.8, 4) is 0 Å². The molecule has 0 amide bonds. The molecule has 30 heavy (non-hydrogen) atoms. The molecule has 152 valence electrons. The summed E-state index contributed by atoms with van der Waals surface area (Å²) in [4.78, 5) is 11.5. The van der Waals surface area contributed by atoms with Gasteiger partial charge in [0.1, 0.15) is 0 Å². The van der Waals surface area contributed by atoms with Crippen molar-refractivity contribution >= 4 is 33.4 Å². The lowest BCUT2D eigenvalue weighted by molar-refractivity contribution is -0.428. The number of halogens is 1. The number of anilines is 1. The van der Waals surface area contributed by atoms with E-state index in [0.29, 0.717) is 21.8 Å². The third-order valence-corrected chi connectivity index (χ3v) is 6.97. The smallest absolute Gasteiger partial charge is 0.259 e. The van der Waals surface area contributed by atoms with E-state index in [4.69, 9.17) is 11.6 Å². The number of sulfonamides is 1. The van der Waals surface area contributed by atoms with Crippen molar-refractivity contribution < 1.29 is 13.3 Å². The molecule has 3 aromatic carbocycles. The lowest BCUT2D eigenvalue weighted by Crippen LogP contribution is -2.39. The summed E-state index contributed by atoms with van der Waals surface area (Å²) in [6.07, 6.45) is 1.42. The van der Waals surface area contributed by atoms with Gasteiger partial charge in [0.05, 0.1) is 15.5 Å². The minimum Gasteiger partial charge on any atom is -0.259 e. The van der Waals surface area contributed by atoms with Crippen LogP contribution in [0.2, 0.25) is 5.02 Å². The molecule has 0 unspecified atom stereocenters. The predicted molar refractivity (Wildman–Crippen MR) is 116 cm³/mol. The van der Waals surface area contributed by atoms with Gasteiger partial charge in [-0.3, -0.25) is 10.1 Å². The van der Waals surface area contributed by atoms with E-state index in [0.717, 1.165) is 9.87 Å². The Bertz CT molecular complexity index is 1270. The molecule has 0 spiro atoms. The van der Waals surface area contributed by atoms with Gasteiger partial charge in [-0.15, -0.1) is 0 Å². The van der Waals surface area contributed by atoms with E-state index in [1.807, 2.05) is 6.92 Å². The fraction of sp³-hybridized carbons (Fsp3) is 0.0909. The molecule has 0 radical (unpaired) electrons. The van der Waals surface area contributed by atoms with E-state index in [1.54, 1.807) is 60.7 Å². The maximum Gasteiger partial charge on any atom is 0.274 e. The van der Waals surface area contributed by atoms with Crippen LogP contribution in [0, 0.1) is 17.0 Å². The molecule has 1 heterocycles. The maximum atomic E-state index is 13.7. The van der Waals surface area contributed by atoms with Crippen LogP contribution in [0.1, 0.15) is 22.7 Å². The van der Waals surface area contributed by atoms with Crippen molar-refractivity contribution in [2.45, 2.75) is 17.9 Å². The van der Waals surface area contributed by atoms with E-state index in [2.05, 4.69) is 0 Å². The Morgan fingerprint density at radius 2 is 1.70 bits per heavy atom. The summed E-state index contributed by atoms with van der Waals surface area (Å²) in [5.41, 5.74) is 1.90. The molecule has 0 saturated heterocycles. The van der Waals surface area contributed by atoms with Crippen LogP contribution in [0.25, 0.3) is 6.08 Å². The van der Waals surface area contributed by atoms with Gasteiger partial charge in [-0.1, -0.05) is 59.6 Å². The highest BCUT2D eigenvalue weighted by molar-refractivity contribution is 7.92. The molecule has 1 atom stereocenters. The van der Waals surface area contributed by atoms with Crippen molar-refractivity contribution in [1.82, 2.24) is 0 Å². The van der Waals surface area contributed by atoms with E-state index in [1.165, 1.54) is 18.2 Å². The monoisotopic (exact) mass is 440 g/mol. The zero-order chi connectivity index (χ0) is 21.5. The summed E-state index contributed by atoms with van der Waals surface area (Å²) < 4.78 is 28.6. The maximum absolute atomic E-state index is 13.7. The van der Waals surface area contributed by atoms with Crippen LogP contribution in [-0.2, 0) is 10.0 Å². The Morgan fingerprint density at radius 1 is 1.00 bits per heavy atom. The van der Waals surface area contributed by atoms with Crippen LogP contribution in [0.3, 0.4) is 0 Å². The fourth-order valence-electron chi connectivity index (χ4n) is 3.54. The zero-order valence-corrected chi connectivity index (χ0v) is 17.5. The largest absolute Gasteiger partial charge is 0.274 e. The van der Waals surface area contributed by atoms with Gasteiger partial charge in [0.15, 0.2) is 6.04 Å². The molecule has 4 rings (SSSR count). The molecule has 1 aliphatic rings. The summed E-state index contributed by atoms with van der Waals surface area (Å²) in [6.45, 7) is 1.86. The number of nitrogens with zero attached hydrogens (tertiary/aromatic N) is 2. The SMILES string of the molecule is Cc1ccc(S(=O)(=O)N2c3ccccc3C=C([N+](=O)[O-])[C@@H]2c2cccc(Cl)c2)cc1. The van der Waals surface area contributed by atoms with E-state index in [-0.39, 0.29) is 10.6 Å². The highest BCUT2D eigenvalue weighted by Crippen LogP contribution is 2.44. The molecule has 0 bridgehead atoms. The van der Waals surface area contributed by atoms with Crippen LogP contribution in [0.15, 0.2) is 83.4 Å². The molecule has 3 aromatic rings. The fourth-order valence-corrected chi connectivity index (χ4v) is 5.37. The molecular weight excluding hydrogens is 424 g/mol. The third kappa shape index (κ3) is 3.46. The Hall–Kier alpha value is -3.16. The quantitative estimate of drug-likeness (QED) is 0.411. The molecule has 0 saturated carbocycles. The Labute approximate surface area is 179 Å². The highest BCUT2D eigenvalue weighted by atomic mass is 35.5. The Balaban J connectivity index is 2.01. The number of hydrogen-bond donors (Lipinski definition) is 0. The van der Waals surface area contributed by atoms with Gasteiger partial charge in [0.25, 0.3) is 15.7 Å². The number of hydrogen-bond acceptors (Lipinski definition) is 4. The Morgan fingerprint density at radius 3 is 2.37 bits per heavy atom. The first-order chi connectivity index (χ1) is 14.3. The average Bonchev–Trinajstić information content (AvgIpc) is 2.72. The highest BCUT2D eigenvalue weighted by Gasteiger charge is 2.43. The normalized spacial score (nSPS) is 16.0. The first-order valence-corrected chi connectivity index (χ1v) is 10.9. The van der Waals surface area contributed by atoms with E-state index in [9.17, 15) is 18.5 Å². The lowest BCUT2D eigenvalue weighted by Gasteiger charge is -2.35. The number of nitro groups is 1. The number of para-hydroxylation sites is 1. The molecule has 8 heteroatoms. The summed E-state index contributed by atoms with van der Waals surface area (Å²) >= 11 is 6.13. The minimum absolute atomic E-state index is 0.0551. The van der Waals surface area contributed by atoms with Crippen LogP contribution in [0.5, 0.6) is 0 Å². The number of benzene rings is 3. The van der Waals surface area contributed by atoms with Crippen molar-refractivity contribution in [1.29, 1.82) is 0 Å². The summed E-state index contributed by atoms with van der Waals surface area (Å²) in [7, 11) is -4.12. The number of rotatable bonds is 4. The van der Waals surface area contributed by atoms with E-state index >= 15 is 0 Å². The summed E-state index contributed by atoms with van der Waals surface area (Å²) in [5, 5.41) is 12.3. The molecular formula is C22H17ClN2O4S. The standard InChI is InChI=1S/C22H17ClN2O4S/c1-15-9-11-19(12-10-15)30(28,29)24-20-8-3-2-5-16(20)14-21(25(26)27)22(24)17-6-4-7-18(23)13-17/h2-14,22H,1H3/t22-/m0/s1. The van der Waals surface area contributed by atoms with Gasteiger partial charge in [-0.25, -0.2) is 12.7 Å². The van der Waals surface area contributed by atoms with E-state index < -0.39 is 21.0 Å². The van der Waals surface area contributed by atoms with Gasteiger partial charge in [0.2, 0.25) is 0 Å². The minimum atomic E-state index is -4.12. The van der Waals surface area contributed by atoms with Crippen LogP contribution >= 0.6 is 11.6 Å². The molecule has 0 aromatic heterocycles. The van der Waals surface area contributed by atoms with Crippen LogP contribution < -0.4 is 4.31 Å². The second kappa shape index (κ2) is 7.59. The predicted octanol–water partition coefficient (Wildman–Crippen LogP) is 5.22. The molecule has 1 aliphatic heterocycles. The topological polar surface area (TPSA) is 80.5 Å². The molecule has 6 nitrogen and oxygen atoms in total. The summed E-state index contributed by atoms with van der Waals surface area (Å²) in [6, 6.07) is 18.4. The van der Waals surface area contributed by atoms with Gasteiger partial charge < -0.3 is 0 Å². The van der Waals surface area contributed by atoms with Crippen molar-refractivity contribution in [2.24, 2.45) is 0 Å². The lowest BCUT2D eigenvalue weighted by atomic mass is 9.97. The second-order valence-electron chi connectivity index (χ2n) is 6.96. The van der Waals surface area contributed by atoms with Crippen molar-refractivity contribution in [2.75, 3.05) is 4.31 Å². The van der Waals surface area contributed by atoms with Gasteiger partial charge >= 0.3 is 0 Å². The van der Waals surface area contributed by atoms with Crippen LogP contribution in [0.4, 0.5) is 5.69 Å². The van der Waals surface area contributed by atoms with Gasteiger partial charge in [0, 0.05) is 16.7 Å². The molecule has 0 aliphatic carbocycles. The summed E-state index contributed by atoms with van der Waals surface area (Å²) in [5.74, 6) is 0. The number of fused-ring (bicyclic) bond motifs is 1. The second-order valence-corrected chi connectivity index (χ2v) is 9.21. The third-order valence-electron chi connectivity index (χ3n) is 4.95. The Kier molecular flexibility index (Phi) is 5.09. The van der Waals surface area contributed by atoms with Crippen LogP contribution in [-0.4, -0.2) is 13.3 Å². The van der Waals surface area contributed by atoms with Gasteiger partial charge in [-0.05, 0) is 42.8 Å². The van der Waals surface area contributed by atoms with Crippen molar-refractivity contribution in [3.63, 3.8) is 0 Å². The number of aryl methyl sites for hydroxylation is 1.